The molecule has 1 heterocycles. The number of carbonyl (C=O) groups is 1. The van der Waals surface area contributed by atoms with Gasteiger partial charge in [-0.3, -0.25) is 4.79 Å². The predicted octanol–water partition coefficient (Wildman–Crippen LogP) is 3.98. The Hall–Kier alpha value is -1.73. The van der Waals surface area contributed by atoms with Gasteiger partial charge in [0.05, 0.1) is 30.2 Å². The Morgan fingerprint density at radius 1 is 1.26 bits per heavy atom. The SMILES string of the molecule is COc1ccc(OC)c(NC(=O)C(C)Sc2ccc(Br)cn2)c1. The fourth-order valence-corrected chi connectivity index (χ4v) is 2.84. The van der Waals surface area contributed by atoms with E-state index in [1.54, 1.807) is 38.6 Å². The summed E-state index contributed by atoms with van der Waals surface area (Å²) >= 11 is 4.72. The highest BCUT2D eigenvalue weighted by molar-refractivity contribution is 9.10. The number of benzene rings is 1. The molecule has 0 fully saturated rings. The molecule has 23 heavy (non-hydrogen) atoms. The number of anilines is 1. The van der Waals surface area contributed by atoms with Crippen LogP contribution in [-0.2, 0) is 4.79 Å². The van der Waals surface area contributed by atoms with Crippen LogP contribution in [-0.4, -0.2) is 30.4 Å². The van der Waals surface area contributed by atoms with Crippen LogP contribution in [0.1, 0.15) is 6.92 Å². The third-order valence-corrected chi connectivity index (χ3v) is 4.55. The molecule has 0 saturated heterocycles. The Bertz CT molecular complexity index is 680. The topological polar surface area (TPSA) is 60.5 Å². The molecule has 0 saturated carbocycles. The maximum absolute atomic E-state index is 12.4. The lowest BCUT2D eigenvalue weighted by atomic mass is 10.2. The lowest BCUT2D eigenvalue weighted by Gasteiger charge is -2.14. The second kappa shape index (κ2) is 8.21. The van der Waals surface area contributed by atoms with Crippen LogP contribution in [0.2, 0.25) is 0 Å². The summed E-state index contributed by atoms with van der Waals surface area (Å²) in [5.41, 5.74) is 0.577. The highest BCUT2D eigenvalue weighted by Crippen LogP contribution is 2.30. The van der Waals surface area contributed by atoms with Crippen molar-refractivity contribution in [2.24, 2.45) is 0 Å². The summed E-state index contributed by atoms with van der Waals surface area (Å²) in [4.78, 5) is 16.6. The van der Waals surface area contributed by atoms with E-state index in [1.165, 1.54) is 11.8 Å². The first kappa shape index (κ1) is 17.6. The minimum atomic E-state index is -0.306. The van der Waals surface area contributed by atoms with Crippen LogP contribution in [0, 0.1) is 0 Å². The van der Waals surface area contributed by atoms with Crippen molar-refractivity contribution < 1.29 is 14.3 Å². The summed E-state index contributed by atoms with van der Waals surface area (Å²) in [5, 5.41) is 3.35. The average Bonchev–Trinajstić information content (AvgIpc) is 2.56. The molecule has 1 aromatic carbocycles. The van der Waals surface area contributed by atoms with Gasteiger partial charge in [-0.1, -0.05) is 11.8 Å². The maximum Gasteiger partial charge on any atom is 0.237 e. The molecule has 1 aromatic heterocycles. The zero-order valence-electron chi connectivity index (χ0n) is 13.0. The third kappa shape index (κ3) is 4.87. The number of pyridine rings is 1. The minimum absolute atomic E-state index is 0.133. The molecule has 0 aliphatic rings. The van der Waals surface area contributed by atoms with Crippen molar-refractivity contribution in [1.82, 2.24) is 4.98 Å². The number of thioether (sulfide) groups is 1. The maximum atomic E-state index is 12.4. The monoisotopic (exact) mass is 396 g/mol. The van der Waals surface area contributed by atoms with Crippen molar-refractivity contribution >= 4 is 39.3 Å². The van der Waals surface area contributed by atoms with E-state index in [0.29, 0.717) is 17.2 Å². The summed E-state index contributed by atoms with van der Waals surface area (Å²) in [6.45, 7) is 1.83. The van der Waals surface area contributed by atoms with E-state index in [9.17, 15) is 4.79 Å². The Morgan fingerprint density at radius 2 is 2.04 bits per heavy atom. The van der Waals surface area contributed by atoms with Gasteiger partial charge in [0.25, 0.3) is 0 Å². The van der Waals surface area contributed by atoms with Gasteiger partial charge >= 0.3 is 0 Å². The van der Waals surface area contributed by atoms with E-state index >= 15 is 0 Å². The molecule has 0 aliphatic heterocycles. The Morgan fingerprint density at radius 3 is 2.65 bits per heavy atom. The first-order chi connectivity index (χ1) is 11.0. The van der Waals surface area contributed by atoms with Crippen molar-refractivity contribution in [2.45, 2.75) is 17.2 Å². The molecule has 0 aliphatic carbocycles. The molecule has 122 valence electrons. The molecule has 1 amide bonds. The fraction of sp³-hybridized carbons (Fsp3) is 0.250. The normalized spacial score (nSPS) is 11.7. The Kier molecular flexibility index (Phi) is 6.29. The molecule has 7 heteroatoms. The van der Waals surface area contributed by atoms with Crippen LogP contribution in [0.3, 0.4) is 0 Å². The number of ether oxygens (including phenoxy) is 2. The van der Waals surface area contributed by atoms with Crippen LogP contribution in [0.25, 0.3) is 0 Å². The first-order valence-electron chi connectivity index (χ1n) is 6.84. The van der Waals surface area contributed by atoms with E-state index in [1.807, 2.05) is 19.1 Å². The molecule has 2 rings (SSSR count). The third-order valence-electron chi connectivity index (χ3n) is 3.03. The quantitative estimate of drug-likeness (QED) is 0.748. The largest absolute Gasteiger partial charge is 0.497 e. The molecule has 1 atom stereocenters. The summed E-state index contributed by atoms with van der Waals surface area (Å²) < 4.78 is 11.3. The number of rotatable bonds is 6. The highest BCUT2D eigenvalue weighted by atomic mass is 79.9. The van der Waals surface area contributed by atoms with E-state index in [-0.39, 0.29) is 11.2 Å². The summed E-state index contributed by atoms with van der Waals surface area (Å²) in [7, 11) is 3.13. The van der Waals surface area contributed by atoms with Gasteiger partial charge < -0.3 is 14.8 Å². The van der Waals surface area contributed by atoms with E-state index < -0.39 is 0 Å². The van der Waals surface area contributed by atoms with Gasteiger partial charge in [0, 0.05) is 16.7 Å². The zero-order chi connectivity index (χ0) is 16.8. The van der Waals surface area contributed by atoms with Crippen LogP contribution in [0.4, 0.5) is 5.69 Å². The molecular formula is C16H17BrN2O3S. The smallest absolute Gasteiger partial charge is 0.237 e. The first-order valence-corrected chi connectivity index (χ1v) is 8.52. The second-order valence-corrected chi connectivity index (χ2v) is 6.91. The molecule has 1 N–H and O–H groups in total. The molecule has 1 unspecified atom stereocenters. The van der Waals surface area contributed by atoms with Crippen LogP contribution in [0.15, 0.2) is 46.0 Å². The lowest BCUT2D eigenvalue weighted by Crippen LogP contribution is -2.22. The number of halogens is 1. The molecule has 2 aromatic rings. The summed E-state index contributed by atoms with van der Waals surface area (Å²) in [6, 6.07) is 9.02. The van der Waals surface area contributed by atoms with Crippen molar-refractivity contribution in [3.8, 4) is 11.5 Å². The van der Waals surface area contributed by atoms with Gasteiger partial charge in [-0.25, -0.2) is 4.98 Å². The van der Waals surface area contributed by atoms with Crippen molar-refractivity contribution in [3.63, 3.8) is 0 Å². The number of hydrogen-bond donors (Lipinski definition) is 1. The number of hydrogen-bond acceptors (Lipinski definition) is 5. The lowest BCUT2D eigenvalue weighted by molar-refractivity contribution is -0.115. The highest BCUT2D eigenvalue weighted by Gasteiger charge is 2.17. The molecule has 0 spiro atoms. The number of nitrogens with zero attached hydrogens (tertiary/aromatic N) is 1. The fourth-order valence-electron chi connectivity index (χ4n) is 1.81. The number of amides is 1. The van der Waals surface area contributed by atoms with Crippen molar-refractivity contribution in [1.29, 1.82) is 0 Å². The number of carbonyl (C=O) groups excluding carboxylic acids is 1. The Labute approximate surface area is 147 Å². The molecule has 5 nitrogen and oxygen atoms in total. The zero-order valence-corrected chi connectivity index (χ0v) is 15.4. The minimum Gasteiger partial charge on any atom is -0.497 e. The van der Waals surface area contributed by atoms with Crippen molar-refractivity contribution in [3.05, 3.63) is 41.0 Å². The van der Waals surface area contributed by atoms with E-state index in [0.717, 1.165) is 9.50 Å². The van der Waals surface area contributed by atoms with Crippen LogP contribution in [0.5, 0.6) is 11.5 Å². The van der Waals surface area contributed by atoms with Gasteiger partial charge in [-0.15, -0.1) is 0 Å². The van der Waals surface area contributed by atoms with Crippen LogP contribution >= 0.6 is 27.7 Å². The molecule has 0 bridgehead atoms. The van der Waals surface area contributed by atoms with Gasteiger partial charge in [-0.2, -0.15) is 0 Å². The summed E-state index contributed by atoms with van der Waals surface area (Å²) in [6.07, 6.45) is 1.71. The van der Waals surface area contributed by atoms with Gasteiger partial charge in [-0.05, 0) is 47.1 Å². The Balaban J connectivity index is 2.07. The second-order valence-electron chi connectivity index (χ2n) is 4.63. The van der Waals surface area contributed by atoms with Gasteiger partial charge in [0.1, 0.15) is 11.5 Å². The standard InChI is InChI=1S/C16H17BrN2O3S/c1-10(23-15-7-4-11(17)9-18-15)16(20)19-13-8-12(21-2)5-6-14(13)22-3/h4-10H,1-3H3,(H,19,20). The van der Waals surface area contributed by atoms with Gasteiger partial charge in [0.15, 0.2) is 0 Å². The average molecular weight is 397 g/mol. The van der Waals surface area contributed by atoms with Gasteiger partial charge in [0.2, 0.25) is 5.91 Å². The van der Waals surface area contributed by atoms with Crippen LogP contribution < -0.4 is 14.8 Å². The number of methoxy groups -OCH3 is 2. The van der Waals surface area contributed by atoms with Crippen molar-refractivity contribution in [2.75, 3.05) is 19.5 Å². The molecular weight excluding hydrogens is 380 g/mol. The van der Waals surface area contributed by atoms with E-state index in [2.05, 4.69) is 26.2 Å². The molecule has 0 radical (unpaired) electrons. The summed E-state index contributed by atoms with van der Waals surface area (Å²) in [5.74, 6) is 1.10. The number of aromatic nitrogens is 1. The predicted molar refractivity (Wildman–Crippen MR) is 95.4 cm³/mol. The van der Waals surface area contributed by atoms with E-state index in [4.69, 9.17) is 9.47 Å². The number of nitrogens with one attached hydrogen (secondary N) is 1.